The van der Waals surface area contributed by atoms with Gasteiger partial charge in [0.2, 0.25) is 0 Å². The normalized spacial score (nSPS) is 12.6. The molecule has 0 radical (unpaired) electrons. The van der Waals surface area contributed by atoms with Gasteiger partial charge in [0.25, 0.3) is 0 Å². The van der Waals surface area contributed by atoms with Crippen molar-refractivity contribution in [2.75, 3.05) is 7.05 Å². The number of imidazole rings is 1. The number of aromatic nitrogens is 4. The van der Waals surface area contributed by atoms with Gasteiger partial charge in [-0.05, 0) is 55.3 Å². The van der Waals surface area contributed by atoms with Crippen LogP contribution in [0.25, 0.3) is 10.9 Å². The van der Waals surface area contributed by atoms with Crippen molar-refractivity contribution in [3.05, 3.63) is 83.3 Å². The molecule has 2 N–H and O–H groups in total. The number of likely N-dealkylation sites (N-methyl/N-ethyl adjacent to an activating group) is 1. The predicted octanol–water partition coefficient (Wildman–Crippen LogP) is 3.76. The van der Waals surface area contributed by atoms with E-state index in [9.17, 15) is 4.39 Å². The van der Waals surface area contributed by atoms with Gasteiger partial charge in [-0.2, -0.15) is 5.10 Å². The Hall–Kier alpha value is -2.99. The third kappa shape index (κ3) is 3.61. The van der Waals surface area contributed by atoms with Crippen LogP contribution in [0.5, 0.6) is 0 Å². The minimum atomic E-state index is -0.220. The molecule has 0 spiro atoms. The summed E-state index contributed by atoms with van der Waals surface area (Å²) in [6.07, 6.45) is 6.45. The van der Waals surface area contributed by atoms with Crippen LogP contribution < -0.4 is 5.32 Å². The molecule has 138 valence electrons. The van der Waals surface area contributed by atoms with E-state index in [0.29, 0.717) is 6.54 Å². The van der Waals surface area contributed by atoms with Crippen LogP contribution in [0.15, 0.2) is 55.0 Å². The van der Waals surface area contributed by atoms with Gasteiger partial charge in [0.05, 0.1) is 17.8 Å². The molecule has 5 nitrogen and oxygen atoms in total. The number of nitrogens with one attached hydrogen (secondary N) is 2. The summed E-state index contributed by atoms with van der Waals surface area (Å²) in [6.45, 7) is 2.75. The standard InChI is InChI=1S/C21H22FN5/c1-14-9-16(10-17-12-25-26-20(14)17)11-19(23-2)21-24-7-8-27(21)13-15-3-5-18(22)6-4-15/h3-10,12,19,23H,11,13H2,1-2H3,(H,25,26). The SMILES string of the molecule is CNC(Cc1cc(C)c2[nH]ncc2c1)c1nccn1Cc1ccc(F)cc1. The quantitative estimate of drug-likeness (QED) is 0.548. The molecule has 0 amide bonds. The number of benzene rings is 2. The number of rotatable bonds is 6. The maximum Gasteiger partial charge on any atom is 0.126 e. The van der Waals surface area contributed by atoms with Gasteiger partial charge >= 0.3 is 0 Å². The van der Waals surface area contributed by atoms with Gasteiger partial charge in [-0.3, -0.25) is 5.10 Å². The van der Waals surface area contributed by atoms with Crippen LogP contribution >= 0.6 is 0 Å². The summed E-state index contributed by atoms with van der Waals surface area (Å²) < 4.78 is 15.3. The van der Waals surface area contributed by atoms with Crippen molar-refractivity contribution in [3.8, 4) is 0 Å². The molecule has 0 saturated carbocycles. The monoisotopic (exact) mass is 363 g/mol. The number of hydrogen-bond acceptors (Lipinski definition) is 3. The molecular weight excluding hydrogens is 341 g/mol. The molecule has 2 aromatic carbocycles. The first-order valence-corrected chi connectivity index (χ1v) is 8.99. The molecular formula is C21H22FN5. The number of fused-ring (bicyclic) bond motifs is 1. The maximum atomic E-state index is 13.2. The number of aryl methyl sites for hydroxylation is 1. The van der Waals surface area contributed by atoms with Crippen molar-refractivity contribution < 1.29 is 4.39 Å². The van der Waals surface area contributed by atoms with Crippen molar-refractivity contribution >= 4 is 10.9 Å². The van der Waals surface area contributed by atoms with Crippen LogP contribution in [0.2, 0.25) is 0 Å². The Kier molecular flexibility index (Phi) is 4.73. The highest BCUT2D eigenvalue weighted by Gasteiger charge is 2.17. The second-order valence-electron chi connectivity index (χ2n) is 6.83. The zero-order chi connectivity index (χ0) is 18.8. The molecule has 0 saturated heterocycles. The summed E-state index contributed by atoms with van der Waals surface area (Å²) in [4.78, 5) is 4.58. The first kappa shape index (κ1) is 17.4. The summed E-state index contributed by atoms with van der Waals surface area (Å²) in [5.41, 5.74) is 4.54. The van der Waals surface area contributed by atoms with Crippen molar-refractivity contribution in [2.24, 2.45) is 0 Å². The van der Waals surface area contributed by atoms with Gasteiger partial charge in [0, 0.05) is 24.3 Å². The maximum absolute atomic E-state index is 13.2. The molecule has 0 bridgehead atoms. The lowest BCUT2D eigenvalue weighted by molar-refractivity contribution is 0.528. The van der Waals surface area contributed by atoms with Gasteiger partial charge in [-0.25, -0.2) is 9.37 Å². The second kappa shape index (κ2) is 7.32. The van der Waals surface area contributed by atoms with Gasteiger partial charge in [-0.15, -0.1) is 0 Å². The van der Waals surface area contributed by atoms with E-state index in [-0.39, 0.29) is 11.9 Å². The lowest BCUT2D eigenvalue weighted by Gasteiger charge is -2.18. The third-order valence-electron chi connectivity index (χ3n) is 4.92. The Morgan fingerprint density at radius 3 is 2.78 bits per heavy atom. The molecule has 2 aromatic heterocycles. The Morgan fingerprint density at radius 1 is 1.19 bits per heavy atom. The fourth-order valence-corrected chi connectivity index (χ4v) is 3.54. The highest BCUT2D eigenvalue weighted by Crippen LogP contribution is 2.23. The van der Waals surface area contributed by atoms with Crippen molar-refractivity contribution in [1.29, 1.82) is 0 Å². The average Bonchev–Trinajstić information content (AvgIpc) is 3.31. The molecule has 4 aromatic rings. The summed E-state index contributed by atoms with van der Waals surface area (Å²) in [6, 6.07) is 11.0. The lowest BCUT2D eigenvalue weighted by Crippen LogP contribution is -2.23. The topological polar surface area (TPSA) is 58.5 Å². The molecule has 0 fully saturated rings. The minimum Gasteiger partial charge on any atom is -0.329 e. The van der Waals surface area contributed by atoms with Gasteiger partial charge < -0.3 is 9.88 Å². The molecule has 0 aliphatic carbocycles. The molecule has 1 unspecified atom stereocenters. The first-order chi connectivity index (χ1) is 13.1. The van der Waals surface area contributed by atoms with Gasteiger partial charge in [0.15, 0.2) is 0 Å². The third-order valence-corrected chi connectivity index (χ3v) is 4.92. The van der Waals surface area contributed by atoms with E-state index in [1.807, 2.05) is 37.8 Å². The number of nitrogens with zero attached hydrogens (tertiary/aromatic N) is 3. The Bertz CT molecular complexity index is 1050. The number of halogens is 1. The molecule has 2 heterocycles. The van der Waals surface area contributed by atoms with Gasteiger partial charge in [0.1, 0.15) is 11.6 Å². The van der Waals surface area contributed by atoms with E-state index in [1.165, 1.54) is 23.3 Å². The summed E-state index contributed by atoms with van der Waals surface area (Å²) in [7, 11) is 1.95. The number of H-pyrrole nitrogens is 1. The number of hydrogen-bond donors (Lipinski definition) is 2. The van der Waals surface area contributed by atoms with E-state index in [0.717, 1.165) is 28.7 Å². The highest BCUT2D eigenvalue weighted by molar-refractivity contribution is 5.81. The smallest absolute Gasteiger partial charge is 0.126 e. The molecule has 27 heavy (non-hydrogen) atoms. The van der Waals surface area contributed by atoms with Crippen molar-refractivity contribution in [3.63, 3.8) is 0 Å². The zero-order valence-electron chi connectivity index (χ0n) is 15.4. The van der Waals surface area contributed by atoms with Crippen LogP contribution in [0, 0.1) is 12.7 Å². The van der Waals surface area contributed by atoms with Crippen molar-refractivity contribution in [1.82, 2.24) is 25.1 Å². The summed E-state index contributed by atoms with van der Waals surface area (Å²) in [5.74, 6) is 0.745. The Morgan fingerprint density at radius 2 is 2.00 bits per heavy atom. The van der Waals surface area contributed by atoms with E-state index in [2.05, 4.69) is 44.1 Å². The lowest BCUT2D eigenvalue weighted by atomic mass is 10.0. The predicted molar refractivity (Wildman–Crippen MR) is 104 cm³/mol. The molecule has 0 aliphatic heterocycles. The molecule has 4 rings (SSSR count). The van der Waals surface area contributed by atoms with E-state index in [1.54, 1.807) is 0 Å². The summed E-state index contributed by atoms with van der Waals surface area (Å²) in [5, 5.41) is 11.7. The van der Waals surface area contributed by atoms with Crippen LogP contribution in [0.3, 0.4) is 0 Å². The summed E-state index contributed by atoms with van der Waals surface area (Å²) >= 11 is 0. The van der Waals surface area contributed by atoms with Crippen LogP contribution in [0.4, 0.5) is 4.39 Å². The van der Waals surface area contributed by atoms with E-state index < -0.39 is 0 Å². The second-order valence-corrected chi connectivity index (χ2v) is 6.83. The zero-order valence-corrected chi connectivity index (χ0v) is 15.4. The first-order valence-electron chi connectivity index (χ1n) is 8.99. The van der Waals surface area contributed by atoms with Crippen LogP contribution in [-0.4, -0.2) is 26.8 Å². The molecule has 0 aliphatic rings. The van der Waals surface area contributed by atoms with Crippen molar-refractivity contribution in [2.45, 2.75) is 25.9 Å². The fourth-order valence-electron chi connectivity index (χ4n) is 3.54. The minimum absolute atomic E-state index is 0.0733. The molecule has 6 heteroatoms. The Labute approximate surface area is 157 Å². The Balaban J connectivity index is 1.59. The van der Waals surface area contributed by atoms with E-state index >= 15 is 0 Å². The fraction of sp³-hybridized carbons (Fsp3) is 0.238. The molecule has 1 atom stereocenters. The van der Waals surface area contributed by atoms with E-state index in [4.69, 9.17) is 0 Å². The average molecular weight is 363 g/mol. The van der Waals surface area contributed by atoms with Crippen LogP contribution in [0.1, 0.15) is 28.6 Å². The number of aromatic amines is 1. The van der Waals surface area contributed by atoms with Gasteiger partial charge in [-0.1, -0.05) is 18.2 Å². The largest absolute Gasteiger partial charge is 0.329 e. The highest BCUT2D eigenvalue weighted by atomic mass is 19.1. The van der Waals surface area contributed by atoms with Crippen LogP contribution in [-0.2, 0) is 13.0 Å².